The number of nitrogens with one attached hydrogen (secondary N) is 1. The predicted octanol–water partition coefficient (Wildman–Crippen LogP) is 3.53. The van der Waals surface area contributed by atoms with Crippen LogP contribution in [0.1, 0.15) is 30.1 Å². The van der Waals surface area contributed by atoms with Gasteiger partial charge in [-0.25, -0.2) is 0 Å². The number of hydrogen-bond acceptors (Lipinski definition) is 2. The van der Waals surface area contributed by atoms with E-state index in [9.17, 15) is 18.0 Å². The second-order valence-electron chi connectivity index (χ2n) is 4.56. The number of benzene rings is 1. The van der Waals surface area contributed by atoms with E-state index in [1.165, 1.54) is 7.05 Å². The molecule has 0 heterocycles. The molecular formula is C14H19F3N2O. The first-order valence-corrected chi connectivity index (χ1v) is 6.50. The van der Waals surface area contributed by atoms with Gasteiger partial charge in [-0.05, 0) is 18.6 Å². The summed E-state index contributed by atoms with van der Waals surface area (Å²) >= 11 is 0. The van der Waals surface area contributed by atoms with Crippen molar-refractivity contribution in [2.24, 2.45) is 0 Å². The highest BCUT2D eigenvalue weighted by atomic mass is 19.4. The molecule has 0 saturated heterocycles. The van der Waals surface area contributed by atoms with Crippen molar-refractivity contribution in [2.75, 3.05) is 25.5 Å². The molecule has 0 unspecified atom stereocenters. The van der Waals surface area contributed by atoms with Gasteiger partial charge in [-0.15, -0.1) is 0 Å². The predicted molar refractivity (Wildman–Crippen MR) is 72.9 cm³/mol. The Kier molecular flexibility index (Phi) is 5.85. The number of hydrogen-bond donors (Lipinski definition) is 1. The topological polar surface area (TPSA) is 32.3 Å². The van der Waals surface area contributed by atoms with Crippen LogP contribution in [0.25, 0.3) is 0 Å². The highest BCUT2D eigenvalue weighted by molar-refractivity contribution is 5.99. The normalized spacial score (nSPS) is 11.2. The van der Waals surface area contributed by atoms with Crippen molar-refractivity contribution in [3.05, 3.63) is 29.8 Å². The Balaban J connectivity index is 2.75. The van der Waals surface area contributed by atoms with Gasteiger partial charge in [0.1, 0.15) is 0 Å². The van der Waals surface area contributed by atoms with Crippen LogP contribution >= 0.6 is 0 Å². The second kappa shape index (κ2) is 7.17. The highest BCUT2D eigenvalue weighted by Gasteiger charge is 2.28. The molecule has 0 aliphatic heterocycles. The molecule has 6 heteroatoms. The fraction of sp³-hybridized carbons (Fsp3) is 0.500. The third kappa shape index (κ3) is 5.11. The van der Waals surface area contributed by atoms with E-state index in [-0.39, 0.29) is 6.54 Å². The first kappa shape index (κ1) is 16.3. The standard InChI is InChI=1S/C14H19F3N2O/c1-3-9-18-12-7-5-4-6-11(12)13(20)19(2)10-8-14(15,16)17/h4-7,18H,3,8-10H2,1-2H3. The molecule has 1 rings (SSSR count). The van der Waals surface area contributed by atoms with E-state index in [4.69, 9.17) is 0 Å². The van der Waals surface area contributed by atoms with Crippen LogP contribution < -0.4 is 5.32 Å². The Labute approximate surface area is 116 Å². The third-order valence-corrected chi connectivity index (χ3v) is 2.80. The number of nitrogens with zero attached hydrogens (tertiary/aromatic N) is 1. The smallest absolute Gasteiger partial charge is 0.384 e. The quantitative estimate of drug-likeness (QED) is 0.868. The van der Waals surface area contributed by atoms with E-state index in [0.29, 0.717) is 17.8 Å². The van der Waals surface area contributed by atoms with Gasteiger partial charge in [0.25, 0.3) is 5.91 Å². The lowest BCUT2D eigenvalue weighted by atomic mass is 10.1. The van der Waals surface area contributed by atoms with Crippen molar-refractivity contribution >= 4 is 11.6 Å². The van der Waals surface area contributed by atoms with Crippen molar-refractivity contribution < 1.29 is 18.0 Å². The van der Waals surface area contributed by atoms with Gasteiger partial charge in [0.2, 0.25) is 0 Å². The van der Waals surface area contributed by atoms with E-state index < -0.39 is 18.5 Å². The summed E-state index contributed by atoms with van der Waals surface area (Å²) in [6.07, 6.45) is -4.36. The minimum absolute atomic E-state index is 0.343. The number of anilines is 1. The van der Waals surface area contributed by atoms with Crippen LogP contribution in [0.3, 0.4) is 0 Å². The molecule has 0 saturated carbocycles. The van der Waals surface area contributed by atoms with Gasteiger partial charge in [0.05, 0.1) is 12.0 Å². The van der Waals surface area contributed by atoms with E-state index in [2.05, 4.69) is 5.32 Å². The zero-order valence-corrected chi connectivity index (χ0v) is 11.6. The van der Waals surface area contributed by atoms with Gasteiger partial charge >= 0.3 is 6.18 Å². The van der Waals surface area contributed by atoms with Gasteiger partial charge < -0.3 is 10.2 Å². The monoisotopic (exact) mass is 288 g/mol. The summed E-state index contributed by atoms with van der Waals surface area (Å²) in [6, 6.07) is 6.84. The zero-order chi connectivity index (χ0) is 15.2. The fourth-order valence-electron chi connectivity index (χ4n) is 1.69. The van der Waals surface area contributed by atoms with E-state index in [1.54, 1.807) is 24.3 Å². The Morgan fingerprint density at radius 1 is 1.30 bits per heavy atom. The van der Waals surface area contributed by atoms with Crippen molar-refractivity contribution in [3.8, 4) is 0 Å². The van der Waals surface area contributed by atoms with Crippen molar-refractivity contribution in [1.82, 2.24) is 4.90 Å². The molecule has 0 fully saturated rings. The Hall–Kier alpha value is -1.72. The van der Waals surface area contributed by atoms with Crippen molar-refractivity contribution in [3.63, 3.8) is 0 Å². The van der Waals surface area contributed by atoms with Gasteiger partial charge in [0, 0.05) is 25.8 Å². The zero-order valence-electron chi connectivity index (χ0n) is 11.6. The van der Waals surface area contributed by atoms with Crippen LogP contribution in [0, 0.1) is 0 Å². The molecule has 3 nitrogen and oxygen atoms in total. The summed E-state index contributed by atoms with van der Waals surface area (Å²) in [7, 11) is 1.38. The van der Waals surface area contributed by atoms with Crippen LogP contribution in [0.5, 0.6) is 0 Å². The number of para-hydroxylation sites is 1. The molecule has 1 aromatic rings. The van der Waals surface area contributed by atoms with Crippen LogP contribution in [0.2, 0.25) is 0 Å². The second-order valence-corrected chi connectivity index (χ2v) is 4.56. The molecule has 1 N–H and O–H groups in total. The Morgan fingerprint density at radius 2 is 1.95 bits per heavy atom. The molecule has 0 atom stereocenters. The summed E-state index contributed by atoms with van der Waals surface area (Å²) in [6.45, 7) is 2.36. The van der Waals surface area contributed by atoms with Crippen molar-refractivity contribution in [1.29, 1.82) is 0 Å². The molecule has 0 radical (unpaired) electrons. The lowest BCUT2D eigenvalue weighted by Gasteiger charge is -2.20. The van der Waals surface area contributed by atoms with E-state index >= 15 is 0 Å². The average Bonchev–Trinajstić information content (AvgIpc) is 2.41. The first-order valence-electron chi connectivity index (χ1n) is 6.50. The molecule has 1 amide bonds. The van der Waals surface area contributed by atoms with Crippen LogP contribution in [-0.4, -0.2) is 37.1 Å². The lowest BCUT2D eigenvalue weighted by Crippen LogP contribution is -2.31. The number of amides is 1. The van der Waals surface area contributed by atoms with Gasteiger partial charge in [-0.3, -0.25) is 4.79 Å². The molecule has 20 heavy (non-hydrogen) atoms. The molecule has 112 valence electrons. The third-order valence-electron chi connectivity index (χ3n) is 2.80. The summed E-state index contributed by atoms with van der Waals surface area (Å²) in [5.41, 5.74) is 1.05. The minimum atomic E-state index is -4.26. The molecule has 1 aromatic carbocycles. The summed E-state index contributed by atoms with van der Waals surface area (Å²) in [5, 5.41) is 3.10. The van der Waals surface area contributed by atoms with Crippen LogP contribution in [0.15, 0.2) is 24.3 Å². The minimum Gasteiger partial charge on any atom is -0.384 e. The van der Waals surface area contributed by atoms with Crippen LogP contribution in [0.4, 0.5) is 18.9 Å². The fourth-order valence-corrected chi connectivity index (χ4v) is 1.69. The van der Waals surface area contributed by atoms with E-state index in [1.807, 2.05) is 6.92 Å². The number of carbonyl (C=O) groups is 1. The number of carbonyl (C=O) groups excluding carboxylic acids is 1. The van der Waals surface area contributed by atoms with Gasteiger partial charge in [-0.1, -0.05) is 19.1 Å². The maximum absolute atomic E-state index is 12.2. The number of halogens is 3. The van der Waals surface area contributed by atoms with Gasteiger partial charge in [0.15, 0.2) is 0 Å². The van der Waals surface area contributed by atoms with Gasteiger partial charge in [-0.2, -0.15) is 13.2 Å². The molecule has 0 spiro atoms. The number of rotatable bonds is 6. The molecule has 0 bridgehead atoms. The molecule has 0 aromatic heterocycles. The Bertz CT molecular complexity index is 446. The highest BCUT2D eigenvalue weighted by Crippen LogP contribution is 2.21. The largest absolute Gasteiger partial charge is 0.390 e. The number of alkyl halides is 3. The summed E-state index contributed by atoms with van der Waals surface area (Å²) in [4.78, 5) is 13.3. The Morgan fingerprint density at radius 3 is 2.55 bits per heavy atom. The maximum Gasteiger partial charge on any atom is 0.390 e. The summed E-state index contributed by atoms with van der Waals surface area (Å²) in [5.74, 6) is -0.409. The average molecular weight is 288 g/mol. The molecular weight excluding hydrogens is 269 g/mol. The summed E-state index contributed by atoms with van der Waals surface area (Å²) < 4.78 is 36.5. The maximum atomic E-state index is 12.2. The van der Waals surface area contributed by atoms with Crippen molar-refractivity contribution in [2.45, 2.75) is 25.9 Å². The SMILES string of the molecule is CCCNc1ccccc1C(=O)N(C)CCC(F)(F)F. The van der Waals surface area contributed by atoms with Crippen LogP contribution in [-0.2, 0) is 0 Å². The first-order chi connectivity index (χ1) is 9.35. The van der Waals surface area contributed by atoms with E-state index in [0.717, 1.165) is 11.3 Å². The molecule has 0 aliphatic rings. The molecule has 0 aliphatic carbocycles. The lowest BCUT2D eigenvalue weighted by molar-refractivity contribution is -0.136.